The SMILES string of the molecule is CCCc1nc(N2CCC3C(CCCN3C)C2)sc1C=O. The Kier molecular flexibility index (Phi) is 4.60. The summed E-state index contributed by atoms with van der Waals surface area (Å²) < 4.78 is 0. The van der Waals surface area contributed by atoms with Crippen LogP contribution in [0.3, 0.4) is 0 Å². The number of aromatic nitrogens is 1. The standard InChI is InChI=1S/C16H25N3OS/c1-3-5-13-15(11-20)21-16(17-13)19-9-7-14-12(10-19)6-4-8-18(14)2/h11-12,14H,3-10H2,1-2H3. The second kappa shape index (κ2) is 6.44. The van der Waals surface area contributed by atoms with Crippen LogP contribution in [0.5, 0.6) is 0 Å². The molecule has 0 aromatic carbocycles. The predicted octanol–water partition coefficient (Wildman–Crippen LogP) is 2.83. The molecule has 3 rings (SSSR count). The Balaban J connectivity index is 1.74. The zero-order valence-corrected chi connectivity index (χ0v) is 13.9. The van der Waals surface area contributed by atoms with E-state index in [9.17, 15) is 4.79 Å². The van der Waals surface area contributed by atoms with Gasteiger partial charge in [0.15, 0.2) is 11.4 Å². The van der Waals surface area contributed by atoms with Gasteiger partial charge in [0.25, 0.3) is 0 Å². The highest BCUT2D eigenvalue weighted by Crippen LogP contribution is 2.34. The number of nitrogens with zero attached hydrogens (tertiary/aromatic N) is 3. The fourth-order valence-corrected chi connectivity index (χ4v) is 4.78. The average Bonchev–Trinajstić information content (AvgIpc) is 2.91. The van der Waals surface area contributed by atoms with Gasteiger partial charge in [-0.1, -0.05) is 24.7 Å². The van der Waals surface area contributed by atoms with Gasteiger partial charge in [-0.25, -0.2) is 4.98 Å². The van der Waals surface area contributed by atoms with E-state index in [1.54, 1.807) is 11.3 Å². The molecule has 0 spiro atoms. The molecule has 116 valence electrons. The lowest BCUT2D eigenvalue weighted by Crippen LogP contribution is -2.52. The van der Waals surface area contributed by atoms with Crippen molar-refractivity contribution in [1.29, 1.82) is 0 Å². The Bertz CT molecular complexity index is 502. The lowest BCUT2D eigenvalue weighted by Gasteiger charge is -2.45. The molecule has 0 N–H and O–H groups in total. The first-order valence-electron chi connectivity index (χ1n) is 8.13. The Morgan fingerprint density at radius 1 is 1.38 bits per heavy atom. The highest BCUT2D eigenvalue weighted by molar-refractivity contribution is 7.17. The number of carbonyl (C=O) groups is 1. The van der Waals surface area contributed by atoms with E-state index in [-0.39, 0.29) is 0 Å². The zero-order valence-electron chi connectivity index (χ0n) is 13.0. The van der Waals surface area contributed by atoms with Gasteiger partial charge < -0.3 is 9.80 Å². The quantitative estimate of drug-likeness (QED) is 0.802. The molecule has 0 bridgehead atoms. The van der Waals surface area contributed by atoms with Crippen molar-refractivity contribution in [3.05, 3.63) is 10.6 Å². The normalized spacial score (nSPS) is 26.7. The first-order chi connectivity index (χ1) is 10.2. The minimum absolute atomic E-state index is 0.746. The molecule has 3 heterocycles. The molecule has 0 radical (unpaired) electrons. The summed E-state index contributed by atoms with van der Waals surface area (Å²) in [4.78, 5) is 21.7. The molecule has 1 aromatic rings. The van der Waals surface area contributed by atoms with Gasteiger partial charge >= 0.3 is 0 Å². The summed E-state index contributed by atoms with van der Waals surface area (Å²) in [5, 5.41) is 1.06. The van der Waals surface area contributed by atoms with Crippen LogP contribution < -0.4 is 4.90 Å². The van der Waals surface area contributed by atoms with Crippen LogP contribution in [0.1, 0.15) is 48.0 Å². The summed E-state index contributed by atoms with van der Waals surface area (Å²) in [5.41, 5.74) is 0.996. The van der Waals surface area contributed by atoms with Crippen LogP contribution in [0.25, 0.3) is 0 Å². The third-order valence-electron chi connectivity index (χ3n) is 4.93. The molecule has 5 heteroatoms. The second-order valence-electron chi connectivity index (χ2n) is 6.36. The van der Waals surface area contributed by atoms with E-state index >= 15 is 0 Å². The molecule has 4 nitrogen and oxygen atoms in total. The number of rotatable bonds is 4. The third kappa shape index (κ3) is 2.99. The maximum absolute atomic E-state index is 11.2. The maximum atomic E-state index is 11.2. The molecule has 2 atom stereocenters. The zero-order chi connectivity index (χ0) is 14.8. The molecule has 2 aliphatic rings. The smallest absolute Gasteiger partial charge is 0.186 e. The lowest BCUT2D eigenvalue weighted by atomic mass is 9.84. The number of anilines is 1. The summed E-state index contributed by atoms with van der Waals surface area (Å²) in [5.74, 6) is 0.760. The maximum Gasteiger partial charge on any atom is 0.186 e. The Morgan fingerprint density at radius 3 is 3.00 bits per heavy atom. The molecule has 21 heavy (non-hydrogen) atoms. The molecule has 1 aromatic heterocycles. The van der Waals surface area contributed by atoms with Gasteiger partial charge in [0.2, 0.25) is 0 Å². The van der Waals surface area contributed by atoms with Gasteiger partial charge in [-0.3, -0.25) is 4.79 Å². The van der Waals surface area contributed by atoms with E-state index in [0.717, 1.165) is 59.9 Å². The topological polar surface area (TPSA) is 36.4 Å². The number of fused-ring (bicyclic) bond motifs is 1. The summed E-state index contributed by atoms with van der Waals surface area (Å²) >= 11 is 1.58. The molecule has 2 fully saturated rings. The van der Waals surface area contributed by atoms with Crippen molar-refractivity contribution in [2.45, 2.75) is 45.1 Å². The average molecular weight is 307 g/mol. The van der Waals surface area contributed by atoms with Crippen molar-refractivity contribution < 1.29 is 4.79 Å². The second-order valence-corrected chi connectivity index (χ2v) is 7.37. The number of aryl methyl sites for hydroxylation is 1. The monoisotopic (exact) mass is 307 g/mol. The van der Waals surface area contributed by atoms with Crippen molar-refractivity contribution in [3.63, 3.8) is 0 Å². The van der Waals surface area contributed by atoms with Crippen LogP contribution in [0.15, 0.2) is 0 Å². The summed E-state index contributed by atoms with van der Waals surface area (Å²) in [6.45, 7) is 5.56. The molecule has 2 aliphatic heterocycles. The summed E-state index contributed by atoms with van der Waals surface area (Å²) in [7, 11) is 2.26. The van der Waals surface area contributed by atoms with Crippen molar-refractivity contribution in [1.82, 2.24) is 9.88 Å². The molecule has 0 saturated carbocycles. The molecular formula is C16H25N3OS. The highest BCUT2D eigenvalue weighted by Gasteiger charge is 2.35. The number of hydrogen-bond donors (Lipinski definition) is 0. The third-order valence-corrected chi connectivity index (χ3v) is 6.01. The Hall–Kier alpha value is -0.940. The fraction of sp³-hybridized carbons (Fsp3) is 0.750. The van der Waals surface area contributed by atoms with E-state index in [1.807, 2.05) is 0 Å². The van der Waals surface area contributed by atoms with Crippen molar-refractivity contribution >= 4 is 22.8 Å². The first-order valence-corrected chi connectivity index (χ1v) is 8.94. The van der Waals surface area contributed by atoms with Crippen LogP contribution in [0, 0.1) is 5.92 Å². The van der Waals surface area contributed by atoms with E-state index in [2.05, 4.69) is 23.8 Å². The van der Waals surface area contributed by atoms with Crippen LogP contribution in [-0.2, 0) is 6.42 Å². The lowest BCUT2D eigenvalue weighted by molar-refractivity contribution is 0.102. The van der Waals surface area contributed by atoms with Crippen molar-refractivity contribution in [3.8, 4) is 0 Å². The van der Waals surface area contributed by atoms with Gasteiger partial charge in [-0.2, -0.15) is 0 Å². The van der Waals surface area contributed by atoms with Gasteiger partial charge in [-0.05, 0) is 45.2 Å². The van der Waals surface area contributed by atoms with Crippen LogP contribution in [-0.4, -0.2) is 48.9 Å². The molecule has 2 saturated heterocycles. The van der Waals surface area contributed by atoms with E-state index in [1.165, 1.54) is 25.8 Å². The van der Waals surface area contributed by atoms with Crippen molar-refractivity contribution in [2.75, 3.05) is 31.6 Å². The van der Waals surface area contributed by atoms with E-state index in [0.29, 0.717) is 0 Å². The van der Waals surface area contributed by atoms with Gasteiger partial charge in [0, 0.05) is 19.1 Å². The summed E-state index contributed by atoms with van der Waals surface area (Å²) in [6, 6.07) is 0.746. The van der Waals surface area contributed by atoms with Crippen LogP contribution in [0.4, 0.5) is 5.13 Å². The van der Waals surface area contributed by atoms with E-state index < -0.39 is 0 Å². The first kappa shape index (κ1) is 15.0. The summed E-state index contributed by atoms with van der Waals surface area (Å²) in [6.07, 6.45) is 6.80. The molecular weight excluding hydrogens is 282 g/mol. The number of piperidine rings is 2. The van der Waals surface area contributed by atoms with Crippen LogP contribution in [0.2, 0.25) is 0 Å². The van der Waals surface area contributed by atoms with Gasteiger partial charge in [0.05, 0.1) is 10.6 Å². The largest absolute Gasteiger partial charge is 0.348 e. The Labute approximate surface area is 131 Å². The van der Waals surface area contributed by atoms with Gasteiger partial charge in [0.1, 0.15) is 0 Å². The number of carbonyl (C=O) groups excluding carboxylic acids is 1. The molecule has 2 unspecified atom stereocenters. The van der Waals surface area contributed by atoms with Crippen molar-refractivity contribution in [2.24, 2.45) is 5.92 Å². The predicted molar refractivity (Wildman–Crippen MR) is 87.5 cm³/mol. The van der Waals surface area contributed by atoms with Gasteiger partial charge in [-0.15, -0.1) is 0 Å². The minimum atomic E-state index is 0.746. The number of likely N-dealkylation sites (tertiary alicyclic amines) is 1. The number of thiazole rings is 1. The van der Waals surface area contributed by atoms with Crippen LogP contribution >= 0.6 is 11.3 Å². The number of hydrogen-bond acceptors (Lipinski definition) is 5. The highest BCUT2D eigenvalue weighted by atomic mass is 32.1. The fourth-order valence-electron chi connectivity index (χ4n) is 3.82. The molecule has 0 aliphatic carbocycles. The minimum Gasteiger partial charge on any atom is -0.348 e. The van der Waals surface area contributed by atoms with E-state index in [4.69, 9.17) is 4.98 Å². The Morgan fingerprint density at radius 2 is 2.24 bits per heavy atom. The molecule has 0 amide bonds. The number of aldehydes is 1.